The Morgan fingerprint density at radius 2 is 1.97 bits per heavy atom. The largest absolute Gasteiger partial charge is 0.493 e. The molecule has 1 aromatic heterocycles. The minimum atomic E-state index is -0.805. The lowest BCUT2D eigenvalue weighted by atomic mass is 10.2. The van der Waals surface area contributed by atoms with Gasteiger partial charge in [-0.25, -0.2) is 10.2 Å². The molecule has 31 heavy (non-hydrogen) atoms. The summed E-state index contributed by atoms with van der Waals surface area (Å²) in [6.45, 7) is 0.0937. The number of ether oxygens (including phenoxy) is 4. The van der Waals surface area contributed by atoms with Gasteiger partial charge in [0.15, 0.2) is 23.0 Å². The summed E-state index contributed by atoms with van der Waals surface area (Å²) >= 11 is 1.29. The van der Waals surface area contributed by atoms with Crippen LogP contribution in [0.25, 0.3) is 0 Å². The summed E-state index contributed by atoms with van der Waals surface area (Å²) in [4.78, 5) is 24.9. The van der Waals surface area contributed by atoms with E-state index in [1.54, 1.807) is 53.9 Å². The number of para-hydroxylation sites is 2. The van der Waals surface area contributed by atoms with Crippen molar-refractivity contribution in [1.82, 2.24) is 5.43 Å². The van der Waals surface area contributed by atoms with Crippen molar-refractivity contribution < 1.29 is 28.5 Å². The van der Waals surface area contributed by atoms with E-state index in [1.165, 1.54) is 24.7 Å². The van der Waals surface area contributed by atoms with Gasteiger partial charge in [-0.2, -0.15) is 5.10 Å². The molecule has 1 N–H and O–H groups in total. The highest BCUT2D eigenvalue weighted by atomic mass is 32.1. The van der Waals surface area contributed by atoms with Crippen LogP contribution in [0.2, 0.25) is 0 Å². The van der Waals surface area contributed by atoms with E-state index in [2.05, 4.69) is 10.5 Å². The highest BCUT2D eigenvalue weighted by Crippen LogP contribution is 2.31. The van der Waals surface area contributed by atoms with Gasteiger partial charge in [0.1, 0.15) is 11.5 Å². The second-order valence-electron chi connectivity index (χ2n) is 6.38. The van der Waals surface area contributed by atoms with Crippen LogP contribution in [0.1, 0.15) is 15.2 Å². The van der Waals surface area contributed by atoms with Gasteiger partial charge in [-0.15, -0.1) is 11.3 Å². The van der Waals surface area contributed by atoms with E-state index in [-0.39, 0.29) is 12.4 Å². The zero-order chi connectivity index (χ0) is 21.6. The minimum Gasteiger partial charge on any atom is -0.493 e. The fourth-order valence-electron chi connectivity index (χ4n) is 2.78. The van der Waals surface area contributed by atoms with Crippen molar-refractivity contribution >= 4 is 29.4 Å². The summed E-state index contributed by atoms with van der Waals surface area (Å²) in [5.74, 6) is 0.865. The molecule has 1 aliphatic rings. The fraction of sp³-hybridized carbons (Fsp3) is 0.136. The van der Waals surface area contributed by atoms with Gasteiger partial charge < -0.3 is 18.9 Å². The normalized spacial score (nSPS) is 14.8. The van der Waals surface area contributed by atoms with Gasteiger partial charge >= 0.3 is 5.97 Å². The van der Waals surface area contributed by atoms with Crippen molar-refractivity contribution in [2.75, 3.05) is 13.7 Å². The quantitative estimate of drug-likeness (QED) is 0.275. The Morgan fingerprint density at radius 3 is 2.74 bits per heavy atom. The van der Waals surface area contributed by atoms with Gasteiger partial charge in [0.25, 0.3) is 5.91 Å². The van der Waals surface area contributed by atoms with Gasteiger partial charge in [-0.3, -0.25) is 4.79 Å². The number of fused-ring (bicyclic) bond motifs is 1. The molecule has 0 fully saturated rings. The molecule has 8 nitrogen and oxygen atoms in total. The van der Waals surface area contributed by atoms with Crippen LogP contribution in [-0.4, -0.2) is 37.9 Å². The molecule has 4 rings (SSSR count). The molecular weight excluding hydrogens is 420 g/mol. The number of hydrogen-bond donors (Lipinski definition) is 1. The molecule has 0 aliphatic carbocycles. The van der Waals surface area contributed by atoms with Crippen LogP contribution in [0.5, 0.6) is 23.0 Å². The fourth-order valence-corrected chi connectivity index (χ4v) is 3.38. The lowest BCUT2D eigenvalue weighted by molar-refractivity contribution is -0.130. The summed E-state index contributed by atoms with van der Waals surface area (Å²) in [6.07, 6.45) is 0.642. The molecule has 0 saturated heterocycles. The van der Waals surface area contributed by atoms with Gasteiger partial charge in [0, 0.05) is 0 Å². The van der Waals surface area contributed by atoms with Crippen LogP contribution in [0.4, 0.5) is 0 Å². The Balaban J connectivity index is 1.36. The molecule has 1 atom stereocenters. The standard InChI is InChI=1S/C22H18N2O6S/c1-27-18-11-14(8-9-17(18)30-22(26)20-7-4-10-31-20)12-23-24-21(25)19-13-28-15-5-2-3-6-16(15)29-19/h2-12,19H,13H2,1H3,(H,24,25)/b23-12+. The number of methoxy groups -OCH3 is 1. The number of rotatable bonds is 6. The van der Waals surface area contributed by atoms with Crippen LogP contribution in [0, 0.1) is 0 Å². The molecule has 0 bridgehead atoms. The summed E-state index contributed by atoms with van der Waals surface area (Å²) in [7, 11) is 1.47. The Bertz CT molecular complexity index is 1110. The van der Waals surface area contributed by atoms with E-state index in [0.29, 0.717) is 27.7 Å². The molecule has 9 heteroatoms. The second kappa shape index (κ2) is 9.31. The van der Waals surface area contributed by atoms with Gasteiger partial charge in [-0.1, -0.05) is 18.2 Å². The Kier molecular flexibility index (Phi) is 6.13. The van der Waals surface area contributed by atoms with Crippen molar-refractivity contribution in [1.29, 1.82) is 0 Å². The van der Waals surface area contributed by atoms with Crippen molar-refractivity contribution in [3.63, 3.8) is 0 Å². The van der Waals surface area contributed by atoms with Gasteiger partial charge in [-0.05, 0) is 47.3 Å². The number of benzene rings is 2. The molecule has 1 amide bonds. The molecule has 3 aromatic rings. The first-order chi connectivity index (χ1) is 15.1. The zero-order valence-corrected chi connectivity index (χ0v) is 17.3. The molecule has 0 spiro atoms. The van der Waals surface area contributed by atoms with E-state index in [4.69, 9.17) is 18.9 Å². The maximum Gasteiger partial charge on any atom is 0.353 e. The van der Waals surface area contributed by atoms with Crippen molar-refractivity contribution in [2.24, 2.45) is 5.10 Å². The average Bonchev–Trinajstić information content (AvgIpc) is 3.34. The monoisotopic (exact) mass is 438 g/mol. The highest BCUT2D eigenvalue weighted by Gasteiger charge is 2.27. The predicted octanol–water partition coefficient (Wildman–Crippen LogP) is 3.27. The van der Waals surface area contributed by atoms with Crippen LogP contribution in [0.15, 0.2) is 65.1 Å². The molecule has 1 aliphatic heterocycles. The Labute approximate surface area is 182 Å². The number of amides is 1. The molecule has 0 radical (unpaired) electrons. The molecule has 0 saturated carbocycles. The second-order valence-corrected chi connectivity index (χ2v) is 7.32. The van der Waals surface area contributed by atoms with Gasteiger partial charge in [0.2, 0.25) is 6.10 Å². The predicted molar refractivity (Wildman–Crippen MR) is 114 cm³/mol. The first-order valence-electron chi connectivity index (χ1n) is 9.29. The van der Waals surface area contributed by atoms with E-state index in [0.717, 1.165) is 0 Å². The van der Waals surface area contributed by atoms with E-state index >= 15 is 0 Å². The summed E-state index contributed by atoms with van der Waals surface area (Å²) < 4.78 is 21.9. The number of carbonyl (C=O) groups is 2. The molecular formula is C22H18N2O6S. The maximum absolute atomic E-state index is 12.3. The smallest absolute Gasteiger partial charge is 0.353 e. The van der Waals surface area contributed by atoms with Crippen molar-refractivity contribution in [3.05, 3.63) is 70.4 Å². The summed E-state index contributed by atoms with van der Waals surface area (Å²) in [6, 6.07) is 15.5. The highest BCUT2D eigenvalue weighted by molar-refractivity contribution is 7.12. The summed E-state index contributed by atoms with van der Waals surface area (Å²) in [5.41, 5.74) is 3.07. The zero-order valence-electron chi connectivity index (χ0n) is 16.4. The van der Waals surface area contributed by atoms with Crippen LogP contribution in [0.3, 0.4) is 0 Å². The Morgan fingerprint density at radius 1 is 1.13 bits per heavy atom. The van der Waals surface area contributed by atoms with E-state index in [1.807, 2.05) is 6.07 Å². The minimum absolute atomic E-state index is 0.0937. The third-order valence-electron chi connectivity index (χ3n) is 4.30. The number of carbonyl (C=O) groups excluding carboxylic acids is 2. The Hall–Kier alpha value is -3.85. The number of hydrazone groups is 1. The number of nitrogens with zero attached hydrogens (tertiary/aromatic N) is 1. The molecule has 158 valence electrons. The third kappa shape index (κ3) is 4.84. The number of hydrogen-bond acceptors (Lipinski definition) is 8. The topological polar surface area (TPSA) is 95.5 Å². The third-order valence-corrected chi connectivity index (χ3v) is 5.15. The van der Waals surface area contributed by atoms with Crippen LogP contribution in [-0.2, 0) is 4.79 Å². The first-order valence-corrected chi connectivity index (χ1v) is 10.2. The summed E-state index contributed by atoms with van der Waals surface area (Å²) in [5, 5.41) is 5.75. The van der Waals surface area contributed by atoms with Crippen LogP contribution >= 0.6 is 11.3 Å². The maximum atomic E-state index is 12.3. The van der Waals surface area contributed by atoms with Crippen molar-refractivity contribution in [2.45, 2.75) is 6.10 Å². The van der Waals surface area contributed by atoms with Crippen LogP contribution < -0.4 is 24.4 Å². The van der Waals surface area contributed by atoms with Gasteiger partial charge in [0.05, 0.1) is 13.3 Å². The lowest BCUT2D eigenvalue weighted by Gasteiger charge is -2.24. The average molecular weight is 438 g/mol. The number of thiophene rings is 1. The molecule has 2 heterocycles. The number of esters is 1. The van der Waals surface area contributed by atoms with E-state index < -0.39 is 18.0 Å². The molecule has 2 aromatic carbocycles. The number of nitrogens with one attached hydrogen (secondary N) is 1. The lowest BCUT2D eigenvalue weighted by Crippen LogP contribution is -2.42. The first kappa shape index (κ1) is 20.4. The SMILES string of the molecule is COc1cc(/C=N/NC(=O)C2COc3ccccc3O2)ccc1OC(=O)c1cccs1. The van der Waals surface area contributed by atoms with E-state index in [9.17, 15) is 9.59 Å². The molecule has 1 unspecified atom stereocenters. The van der Waals surface area contributed by atoms with Crippen molar-refractivity contribution in [3.8, 4) is 23.0 Å².